The predicted molar refractivity (Wildman–Crippen MR) is 65.9 cm³/mol. The summed E-state index contributed by atoms with van der Waals surface area (Å²) in [6.45, 7) is 1.50. The fourth-order valence-corrected chi connectivity index (χ4v) is 2.53. The van der Waals surface area contributed by atoms with Gasteiger partial charge in [0.1, 0.15) is 6.29 Å². The number of hydrogen-bond donors (Lipinski definition) is 0. The lowest BCUT2D eigenvalue weighted by Gasteiger charge is -2.15. The monoisotopic (exact) mass is 267 g/mol. The molecule has 0 saturated heterocycles. The van der Waals surface area contributed by atoms with E-state index >= 15 is 0 Å². The van der Waals surface area contributed by atoms with Crippen molar-refractivity contribution in [1.82, 2.24) is 0 Å². The Hall–Kier alpha value is -0.830. The van der Waals surface area contributed by atoms with Gasteiger partial charge in [0, 0.05) is 17.6 Å². The highest BCUT2D eigenvalue weighted by molar-refractivity contribution is 9.09. The molecule has 1 heterocycles. The lowest BCUT2D eigenvalue weighted by atomic mass is 10.1. The van der Waals surface area contributed by atoms with Crippen LogP contribution in [0.25, 0.3) is 0 Å². The quantitative estimate of drug-likeness (QED) is 0.616. The Bertz CT molecular complexity index is 365. The lowest BCUT2D eigenvalue weighted by Crippen LogP contribution is -2.22. The van der Waals surface area contributed by atoms with E-state index < -0.39 is 0 Å². The molecule has 3 heteroatoms. The average Bonchev–Trinajstić information content (AvgIpc) is 2.62. The molecule has 0 unspecified atom stereocenters. The van der Waals surface area contributed by atoms with Crippen molar-refractivity contribution in [3.63, 3.8) is 0 Å². The number of alkyl halides is 1. The standard InChI is InChI=1S/C12H14BrNO/c13-5-3-10-1-2-12-11(9-10)4-6-14(12)7-8-15/h1-2,8-9H,3-7H2. The van der Waals surface area contributed by atoms with E-state index in [1.165, 1.54) is 16.8 Å². The maximum atomic E-state index is 10.5. The van der Waals surface area contributed by atoms with Gasteiger partial charge in [-0.25, -0.2) is 0 Å². The van der Waals surface area contributed by atoms with Gasteiger partial charge in [0.2, 0.25) is 0 Å². The zero-order valence-corrected chi connectivity index (χ0v) is 10.2. The van der Waals surface area contributed by atoms with Gasteiger partial charge in [-0.05, 0) is 30.0 Å². The number of anilines is 1. The summed E-state index contributed by atoms with van der Waals surface area (Å²) in [5, 5.41) is 1.00. The largest absolute Gasteiger partial charge is 0.364 e. The minimum absolute atomic E-state index is 0.519. The average molecular weight is 268 g/mol. The fraction of sp³-hybridized carbons (Fsp3) is 0.417. The van der Waals surface area contributed by atoms with E-state index in [0.29, 0.717) is 6.54 Å². The minimum Gasteiger partial charge on any atom is -0.364 e. The van der Waals surface area contributed by atoms with Gasteiger partial charge in [0.25, 0.3) is 0 Å². The first-order chi connectivity index (χ1) is 7.35. The topological polar surface area (TPSA) is 20.3 Å². The van der Waals surface area contributed by atoms with Crippen molar-refractivity contribution >= 4 is 27.9 Å². The number of fused-ring (bicyclic) bond motifs is 1. The van der Waals surface area contributed by atoms with Crippen molar-refractivity contribution < 1.29 is 4.79 Å². The summed E-state index contributed by atoms with van der Waals surface area (Å²) in [6.07, 6.45) is 3.11. The van der Waals surface area contributed by atoms with Crippen LogP contribution in [-0.4, -0.2) is 24.7 Å². The summed E-state index contributed by atoms with van der Waals surface area (Å²) in [7, 11) is 0. The Labute approximate surface area is 98.4 Å². The summed E-state index contributed by atoms with van der Waals surface area (Å²) >= 11 is 3.45. The highest BCUT2D eigenvalue weighted by Crippen LogP contribution is 2.28. The maximum Gasteiger partial charge on any atom is 0.139 e. The van der Waals surface area contributed by atoms with E-state index in [0.717, 1.165) is 31.0 Å². The van der Waals surface area contributed by atoms with Crippen LogP contribution in [0.1, 0.15) is 11.1 Å². The molecule has 2 rings (SSSR count). The van der Waals surface area contributed by atoms with Crippen molar-refractivity contribution in [2.45, 2.75) is 12.8 Å². The Morgan fingerprint density at radius 3 is 3.07 bits per heavy atom. The lowest BCUT2D eigenvalue weighted by molar-refractivity contribution is -0.106. The van der Waals surface area contributed by atoms with E-state index in [9.17, 15) is 4.79 Å². The van der Waals surface area contributed by atoms with Crippen LogP contribution in [0.5, 0.6) is 0 Å². The molecule has 80 valence electrons. The molecule has 2 nitrogen and oxygen atoms in total. The molecule has 0 saturated carbocycles. The molecule has 1 aliphatic rings. The molecule has 0 atom stereocenters. The third-order valence-corrected chi connectivity index (χ3v) is 3.21. The molecule has 1 aliphatic heterocycles. The van der Waals surface area contributed by atoms with Gasteiger partial charge in [0.15, 0.2) is 0 Å². The SMILES string of the molecule is O=CCN1CCc2cc(CCBr)ccc21. The van der Waals surface area contributed by atoms with Crippen LogP contribution < -0.4 is 4.90 Å². The molecule has 0 fully saturated rings. The van der Waals surface area contributed by atoms with Crippen LogP contribution in [0, 0.1) is 0 Å². The van der Waals surface area contributed by atoms with Crippen molar-refractivity contribution in [3.05, 3.63) is 29.3 Å². The summed E-state index contributed by atoms with van der Waals surface area (Å²) in [5.74, 6) is 0. The number of benzene rings is 1. The van der Waals surface area contributed by atoms with Crippen molar-refractivity contribution in [2.24, 2.45) is 0 Å². The number of hydrogen-bond acceptors (Lipinski definition) is 2. The Balaban J connectivity index is 2.21. The highest BCUT2D eigenvalue weighted by Gasteiger charge is 2.18. The third-order valence-electron chi connectivity index (χ3n) is 2.81. The zero-order chi connectivity index (χ0) is 10.7. The maximum absolute atomic E-state index is 10.5. The first-order valence-corrected chi connectivity index (χ1v) is 6.33. The van der Waals surface area contributed by atoms with Crippen LogP contribution in [-0.2, 0) is 17.6 Å². The van der Waals surface area contributed by atoms with Gasteiger partial charge < -0.3 is 9.69 Å². The first-order valence-electron chi connectivity index (χ1n) is 5.21. The number of carbonyl (C=O) groups is 1. The smallest absolute Gasteiger partial charge is 0.139 e. The van der Waals surface area contributed by atoms with Gasteiger partial charge >= 0.3 is 0 Å². The molecule has 0 bridgehead atoms. The molecule has 1 aromatic rings. The molecule has 0 amide bonds. The first kappa shape index (κ1) is 10.7. The minimum atomic E-state index is 0.519. The van der Waals surface area contributed by atoms with E-state index in [-0.39, 0.29) is 0 Å². The van der Waals surface area contributed by atoms with Crippen molar-refractivity contribution in [3.8, 4) is 0 Å². The van der Waals surface area contributed by atoms with Crippen LogP contribution >= 0.6 is 15.9 Å². The number of aryl methyl sites for hydroxylation is 1. The van der Waals surface area contributed by atoms with E-state index in [1.807, 2.05) is 0 Å². The zero-order valence-electron chi connectivity index (χ0n) is 8.58. The summed E-state index contributed by atoms with van der Waals surface area (Å²) < 4.78 is 0. The van der Waals surface area contributed by atoms with Crippen molar-refractivity contribution in [1.29, 1.82) is 0 Å². The van der Waals surface area contributed by atoms with Crippen LogP contribution in [0.4, 0.5) is 5.69 Å². The van der Waals surface area contributed by atoms with Gasteiger partial charge in [-0.15, -0.1) is 0 Å². The summed E-state index contributed by atoms with van der Waals surface area (Å²) in [6, 6.07) is 6.56. The number of halogens is 1. The molecule has 15 heavy (non-hydrogen) atoms. The number of aldehydes is 1. The number of rotatable bonds is 4. The molecular formula is C12H14BrNO. The number of carbonyl (C=O) groups excluding carboxylic acids is 1. The van der Waals surface area contributed by atoms with Gasteiger partial charge in [-0.1, -0.05) is 28.1 Å². The van der Waals surface area contributed by atoms with Crippen LogP contribution in [0.3, 0.4) is 0 Å². The van der Waals surface area contributed by atoms with E-state index in [1.54, 1.807) is 0 Å². The highest BCUT2D eigenvalue weighted by atomic mass is 79.9. The molecule has 0 aromatic heterocycles. The van der Waals surface area contributed by atoms with Crippen LogP contribution in [0.15, 0.2) is 18.2 Å². The second-order valence-electron chi connectivity index (χ2n) is 3.76. The van der Waals surface area contributed by atoms with Gasteiger partial charge in [0.05, 0.1) is 6.54 Å². The molecular weight excluding hydrogens is 254 g/mol. The van der Waals surface area contributed by atoms with E-state index in [4.69, 9.17) is 0 Å². The van der Waals surface area contributed by atoms with Crippen LogP contribution in [0.2, 0.25) is 0 Å². The normalized spacial score (nSPS) is 14.1. The number of nitrogens with zero attached hydrogens (tertiary/aromatic N) is 1. The molecule has 1 aromatic carbocycles. The molecule has 0 radical (unpaired) electrons. The Morgan fingerprint density at radius 1 is 1.47 bits per heavy atom. The Morgan fingerprint density at radius 2 is 2.33 bits per heavy atom. The second kappa shape index (κ2) is 4.79. The summed E-state index contributed by atoms with van der Waals surface area (Å²) in [4.78, 5) is 12.6. The third kappa shape index (κ3) is 2.23. The predicted octanol–water partition coefficient (Wildman–Crippen LogP) is 2.19. The molecule has 0 N–H and O–H groups in total. The Kier molecular flexibility index (Phi) is 3.41. The fourth-order valence-electron chi connectivity index (χ4n) is 2.07. The van der Waals surface area contributed by atoms with Gasteiger partial charge in [-0.2, -0.15) is 0 Å². The molecule has 0 aliphatic carbocycles. The van der Waals surface area contributed by atoms with Crippen molar-refractivity contribution in [2.75, 3.05) is 23.3 Å². The summed E-state index contributed by atoms with van der Waals surface area (Å²) in [5.41, 5.74) is 3.99. The van der Waals surface area contributed by atoms with E-state index in [2.05, 4.69) is 39.0 Å². The molecule has 0 spiro atoms. The second-order valence-corrected chi connectivity index (χ2v) is 4.56. The van der Waals surface area contributed by atoms with Gasteiger partial charge in [-0.3, -0.25) is 0 Å².